The van der Waals surface area contributed by atoms with E-state index in [0.29, 0.717) is 16.1 Å². The molecule has 0 aromatic carbocycles. The monoisotopic (exact) mass is 298 g/mol. The van der Waals surface area contributed by atoms with Crippen LogP contribution in [0.25, 0.3) is 0 Å². The molecule has 1 fully saturated rings. The third kappa shape index (κ3) is 2.84. The standard InChI is InChI=1S/C12H15BrN2O2/c1-12(7-16,9-2-3-9)15-11(17)8-4-5-14-10(13)6-8/h4-6,9,16H,2-3,7H2,1H3,(H,15,17). The maximum absolute atomic E-state index is 12.0. The van der Waals surface area contributed by atoms with Crippen LogP contribution in [0, 0.1) is 5.92 Å². The minimum Gasteiger partial charge on any atom is -0.394 e. The van der Waals surface area contributed by atoms with Gasteiger partial charge in [0.1, 0.15) is 4.60 Å². The van der Waals surface area contributed by atoms with E-state index in [9.17, 15) is 9.90 Å². The molecule has 2 N–H and O–H groups in total. The van der Waals surface area contributed by atoms with Gasteiger partial charge in [0.15, 0.2) is 0 Å². The number of hydrogen-bond acceptors (Lipinski definition) is 3. The number of amides is 1. The van der Waals surface area contributed by atoms with Crippen LogP contribution in [-0.2, 0) is 0 Å². The Morgan fingerprint density at radius 3 is 2.94 bits per heavy atom. The number of carbonyl (C=O) groups is 1. The summed E-state index contributed by atoms with van der Waals surface area (Å²) in [6.07, 6.45) is 3.71. The summed E-state index contributed by atoms with van der Waals surface area (Å²) in [5.74, 6) is 0.221. The first-order valence-electron chi connectivity index (χ1n) is 5.60. The van der Waals surface area contributed by atoms with E-state index in [1.807, 2.05) is 6.92 Å². The zero-order valence-corrected chi connectivity index (χ0v) is 11.2. The average Bonchev–Trinajstić information content (AvgIpc) is 3.13. The molecule has 0 bridgehead atoms. The predicted octanol–water partition coefficient (Wildman–Crippen LogP) is 1.73. The van der Waals surface area contributed by atoms with Crippen molar-refractivity contribution in [1.82, 2.24) is 10.3 Å². The van der Waals surface area contributed by atoms with Crippen LogP contribution in [0.2, 0.25) is 0 Å². The number of aliphatic hydroxyl groups excluding tert-OH is 1. The number of aliphatic hydroxyl groups is 1. The van der Waals surface area contributed by atoms with Gasteiger partial charge in [-0.2, -0.15) is 0 Å². The summed E-state index contributed by atoms with van der Waals surface area (Å²) in [6.45, 7) is 1.86. The van der Waals surface area contributed by atoms with Crippen LogP contribution in [0.1, 0.15) is 30.1 Å². The number of halogens is 1. The van der Waals surface area contributed by atoms with E-state index in [1.165, 1.54) is 0 Å². The van der Waals surface area contributed by atoms with Crippen molar-refractivity contribution in [3.63, 3.8) is 0 Å². The van der Waals surface area contributed by atoms with E-state index in [2.05, 4.69) is 26.2 Å². The maximum atomic E-state index is 12.0. The van der Waals surface area contributed by atoms with Gasteiger partial charge in [-0.1, -0.05) is 0 Å². The van der Waals surface area contributed by atoms with Gasteiger partial charge >= 0.3 is 0 Å². The van der Waals surface area contributed by atoms with Crippen LogP contribution in [0.3, 0.4) is 0 Å². The Morgan fingerprint density at radius 1 is 1.71 bits per heavy atom. The van der Waals surface area contributed by atoms with E-state index in [4.69, 9.17) is 0 Å². The van der Waals surface area contributed by atoms with E-state index < -0.39 is 5.54 Å². The SMILES string of the molecule is CC(CO)(NC(=O)c1ccnc(Br)c1)C1CC1. The molecule has 1 aromatic rings. The minimum atomic E-state index is -0.507. The minimum absolute atomic E-state index is 0.0321. The lowest BCUT2D eigenvalue weighted by Crippen LogP contribution is -2.50. The lowest BCUT2D eigenvalue weighted by molar-refractivity contribution is 0.0824. The van der Waals surface area contributed by atoms with Crippen molar-refractivity contribution in [2.24, 2.45) is 5.92 Å². The normalized spacial score (nSPS) is 18.5. The van der Waals surface area contributed by atoms with Crippen LogP contribution in [0.4, 0.5) is 0 Å². The van der Waals surface area contributed by atoms with Gasteiger partial charge in [0.2, 0.25) is 0 Å². The number of pyridine rings is 1. The number of nitrogens with one attached hydrogen (secondary N) is 1. The molecule has 0 saturated heterocycles. The molecule has 92 valence electrons. The van der Waals surface area contributed by atoms with E-state index in [-0.39, 0.29) is 12.5 Å². The second-order valence-corrected chi connectivity index (χ2v) is 5.48. The molecule has 0 spiro atoms. The van der Waals surface area contributed by atoms with Gasteiger partial charge in [-0.05, 0) is 53.7 Å². The van der Waals surface area contributed by atoms with Gasteiger partial charge in [-0.3, -0.25) is 4.79 Å². The fourth-order valence-electron chi connectivity index (χ4n) is 1.87. The van der Waals surface area contributed by atoms with Crippen molar-refractivity contribution in [3.05, 3.63) is 28.5 Å². The van der Waals surface area contributed by atoms with Gasteiger partial charge in [0.05, 0.1) is 12.1 Å². The van der Waals surface area contributed by atoms with Crippen LogP contribution in [0.5, 0.6) is 0 Å². The van der Waals surface area contributed by atoms with E-state index >= 15 is 0 Å². The molecule has 0 aliphatic heterocycles. The van der Waals surface area contributed by atoms with Crippen LogP contribution in [-0.4, -0.2) is 28.1 Å². The lowest BCUT2D eigenvalue weighted by Gasteiger charge is -2.28. The first kappa shape index (κ1) is 12.5. The molecule has 1 saturated carbocycles. The van der Waals surface area contributed by atoms with Crippen LogP contribution in [0.15, 0.2) is 22.9 Å². The second kappa shape index (κ2) is 4.74. The quantitative estimate of drug-likeness (QED) is 0.832. The van der Waals surface area contributed by atoms with E-state index in [1.54, 1.807) is 18.3 Å². The topological polar surface area (TPSA) is 62.2 Å². The predicted molar refractivity (Wildman–Crippen MR) is 67.6 cm³/mol. The Bertz CT molecular complexity index is 434. The van der Waals surface area contributed by atoms with Gasteiger partial charge < -0.3 is 10.4 Å². The van der Waals surface area contributed by atoms with Gasteiger partial charge in [0, 0.05) is 11.8 Å². The van der Waals surface area contributed by atoms with Gasteiger partial charge in [-0.25, -0.2) is 4.98 Å². The van der Waals surface area contributed by atoms with Gasteiger partial charge in [-0.15, -0.1) is 0 Å². The van der Waals surface area contributed by atoms with Crippen molar-refractivity contribution < 1.29 is 9.90 Å². The zero-order valence-electron chi connectivity index (χ0n) is 9.61. The van der Waals surface area contributed by atoms with Crippen LogP contribution < -0.4 is 5.32 Å². The molecule has 17 heavy (non-hydrogen) atoms. The molecule has 1 unspecified atom stereocenters. The molecule has 1 heterocycles. The van der Waals surface area contributed by atoms with Crippen molar-refractivity contribution in [2.45, 2.75) is 25.3 Å². The highest BCUT2D eigenvalue weighted by Crippen LogP contribution is 2.39. The number of nitrogens with zero attached hydrogens (tertiary/aromatic N) is 1. The Labute approximate surface area is 109 Å². The number of carbonyl (C=O) groups excluding carboxylic acids is 1. The zero-order chi connectivity index (χ0) is 12.5. The summed E-state index contributed by atoms with van der Waals surface area (Å²) in [5, 5.41) is 12.3. The molecule has 0 radical (unpaired) electrons. The van der Waals surface area contributed by atoms with Gasteiger partial charge in [0.25, 0.3) is 5.91 Å². The second-order valence-electron chi connectivity index (χ2n) is 4.67. The molecule has 5 heteroatoms. The third-order valence-corrected chi connectivity index (χ3v) is 3.63. The number of aromatic nitrogens is 1. The molecule has 1 aliphatic rings. The van der Waals surface area contributed by atoms with Crippen LogP contribution >= 0.6 is 15.9 Å². The maximum Gasteiger partial charge on any atom is 0.251 e. The fourth-order valence-corrected chi connectivity index (χ4v) is 2.23. The number of rotatable bonds is 4. The first-order valence-corrected chi connectivity index (χ1v) is 6.39. The first-order chi connectivity index (χ1) is 8.05. The summed E-state index contributed by atoms with van der Waals surface area (Å²) in [5.41, 5.74) is 0.0412. The highest BCUT2D eigenvalue weighted by atomic mass is 79.9. The molecule has 2 rings (SSSR count). The smallest absolute Gasteiger partial charge is 0.251 e. The highest BCUT2D eigenvalue weighted by Gasteiger charge is 2.42. The molecule has 4 nitrogen and oxygen atoms in total. The molecule has 1 aromatic heterocycles. The van der Waals surface area contributed by atoms with Crippen molar-refractivity contribution in [1.29, 1.82) is 0 Å². The lowest BCUT2D eigenvalue weighted by atomic mass is 9.96. The Balaban J connectivity index is 2.10. The summed E-state index contributed by atoms with van der Waals surface area (Å²) >= 11 is 3.23. The Kier molecular flexibility index (Phi) is 3.49. The van der Waals surface area contributed by atoms with Crippen molar-refractivity contribution in [2.75, 3.05) is 6.61 Å². The molecular formula is C12H15BrN2O2. The third-order valence-electron chi connectivity index (χ3n) is 3.19. The largest absolute Gasteiger partial charge is 0.394 e. The molecule has 1 amide bonds. The Hall–Kier alpha value is -0.940. The summed E-state index contributed by atoms with van der Waals surface area (Å²) in [6, 6.07) is 3.32. The van der Waals surface area contributed by atoms with Crippen molar-refractivity contribution in [3.8, 4) is 0 Å². The summed E-state index contributed by atoms with van der Waals surface area (Å²) < 4.78 is 0.627. The Morgan fingerprint density at radius 2 is 2.41 bits per heavy atom. The van der Waals surface area contributed by atoms with Crippen molar-refractivity contribution >= 4 is 21.8 Å². The summed E-state index contributed by atoms with van der Waals surface area (Å²) in [7, 11) is 0. The molecule has 1 atom stereocenters. The fraction of sp³-hybridized carbons (Fsp3) is 0.500. The highest BCUT2D eigenvalue weighted by molar-refractivity contribution is 9.10. The summed E-state index contributed by atoms with van der Waals surface area (Å²) in [4.78, 5) is 16.0. The molecule has 1 aliphatic carbocycles. The average molecular weight is 299 g/mol. The molecular weight excluding hydrogens is 284 g/mol. The number of hydrogen-bond donors (Lipinski definition) is 2. The van der Waals surface area contributed by atoms with E-state index in [0.717, 1.165) is 12.8 Å².